The molecular formula is C12H20N4OS. The van der Waals surface area contributed by atoms with Crippen molar-refractivity contribution in [1.29, 1.82) is 0 Å². The van der Waals surface area contributed by atoms with E-state index in [1.807, 2.05) is 11.8 Å². The summed E-state index contributed by atoms with van der Waals surface area (Å²) in [5.41, 5.74) is 0.364. The number of nitrogens with zero attached hydrogens (tertiary/aromatic N) is 3. The number of aromatic nitrogens is 2. The van der Waals surface area contributed by atoms with E-state index < -0.39 is 0 Å². The Bertz CT molecular complexity index is 380. The van der Waals surface area contributed by atoms with Crippen LogP contribution in [-0.2, 0) is 0 Å². The Morgan fingerprint density at radius 3 is 2.67 bits per heavy atom. The van der Waals surface area contributed by atoms with Crippen molar-refractivity contribution >= 4 is 23.5 Å². The molecule has 0 saturated heterocycles. The zero-order chi connectivity index (χ0) is 13.5. The summed E-state index contributed by atoms with van der Waals surface area (Å²) in [6.07, 6.45) is 3.17. The topological polar surface area (TPSA) is 58.1 Å². The number of hydrogen-bond donors (Lipinski definition) is 1. The number of carbonyl (C=O) groups excluding carboxylic acids is 1. The Morgan fingerprint density at radius 2 is 2.17 bits per heavy atom. The highest BCUT2D eigenvalue weighted by Crippen LogP contribution is 2.10. The van der Waals surface area contributed by atoms with Crippen LogP contribution in [0.25, 0.3) is 0 Å². The van der Waals surface area contributed by atoms with Gasteiger partial charge >= 0.3 is 0 Å². The smallest absolute Gasteiger partial charge is 0.273 e. The van der Waals surface area contributed by atoms with Crippen LogP contribution in [0, 0.1) is 0 Å². The molecule has 1 aromatic rings. The molecule has 1 atom stereocenters. The number of thioether (sulfide) groups is 1. The van der Waals surface area contributed by atoms with Gasteiger partial charge in [-0.1, -0.05) is 6.92 Å². The maximum absolute atomic E-state index is 11.6. The summed E-state index contributed by atoms with van der Waals surface area (Å²) in [6, 6.07) is 3.48. The van der Waals surface area contributed by atoms with E-state index in [9.17, 15) is 4.79 Å². The van der Waals surface area contributed by atoms with E-state index in [-0.39, 0.29) is 5.91 Å². The number of hydrogen-bond acceptors (Lipinski definition) is 5. The van der Waals surface area contributed by atoms with Gasteiger partial charge in [0.25, 0.3) is 5.91 Å². The predicted molar refractivity (Wildman–Crippen MR) is 76.1 cm³/mol. The van der Waals surface area contributed by atoms with Gasteiger partial charge in [0.2, 0.25) is 0 Å². The van der Waals surface area contributed by atoms with Crippen molar-refractivity contribution in [2.75, 3.05) is 32.2 Å². The van der Waals surface area contributed by atoms with Crippen molar-refractivity contribution < 1.29 is 4.79 Å². The van der Waals surface area contributed by atoms with Crippen LogP contribution in [0.3, 0.4) is 0 Å². The summed E-state index contributed by atoms with van der Waals surface area (Å²) in [7, 11) is 3.39. The third kappa shape index (κ3) is 4.52. The highest BCUT2D eigenvalue weighted by molar-refractivity contribution is 7.99. The van der Waals surface area contributed by atoms with Crippen LogP contribution in [0.2, 0.25) is 0 Å². The molecule has 0 aliphatic carbocycles. The van der Waals surface area contributed by atoms with Crippen molar-refractivity contribution in [2.45, 2.75) is 18.6 Å². The first kappa shape index (κ1) is 14.8. The van der Waals surface area contributed by atoms with Gasteiger partial charge in [0.1, 0.15) is 5.82 Å². The molecule has 1 aromatic heterocycles. The van der Waals surface area contributed by atoms with Crippen LogP contribution in [-0.4, -0.2) is 53.2 Å². The van der Waals surface area contributed by atoms with E-state index in [4.69, 9.17) is 0 Å². The van der Waals surface area contributed by atoms with Crippen LogP contribution in [0.15, 0.2) is 12.1 Å². The lowest BCUT2D eigenvalue weighted by molar-refractivity contribution is 0.0821. The lowest BCUT2D eigenvalue weighted by atomic mass is 10.3. The molecule has 0 aromatic carbocycles. The highest BCUT2D eigenvalue weighted by atomic mass is 32.2. The Hall–Kier alpha value is -1.30. The standard InChI is InChI=1S/C12H20N4OS/c1-9(18-4)7-8-13-11-6-5-10(14-15-11)12(17)16(2)3/h5-6,9H,7-8H2,1-4H3,(H,13,15). The number of amides is 1. The normalized spacial score (nSPS) is 12.0. The van der Waals surface area contributed by atoms with Gasteiger partial charge in [-0.05, 0) is 24.8 Å². The molecule has 0 fully saturated rings. The highest BCUT2D eigenvalue weighted by Gasteiger charge is 2.09. The SMILES string of the molecule is CSC(C)CCNc1ccc(C(=O)N(C)C)nn1. The van der Waals surface area contributed by atoms with Crippen molar-refractivity contribution in [3.63, 3.8) is 0 Å². The fourth-order valence-electron chi connectivity index (χ4n) is 1.29. The van der Waals surface area contributed by atoms with E-state index in [2.05, 4.69) is 28.7 Å². The van der Waals surface area contributed by atoms with Crippen LogP contribution >= 0.6 is 11.8 Å². The first-order valence-corrected chi connectivity index (χ1v) is 7.15. The molecule has 5 nitrogen and oxygen atoms in total. The molecule has 6 heteroatoms. The molecule has 1 rings (SSSR count). The lowest BCUT2D eigenvalue weighted by Crippen LogP contribution is -2.23. The van der Waals surface area contributed by atoms with Gasteiger partial charge in [-0.3, -0.25) is 4.79 Å². The summed E-state index contributed by atoms with van der Waals surface area (Å²) in [5, 5.41) is 11.7. The van der Waals surface area contributed by atoms with E-state index in [1.165, 1.54) is 4.90 Å². The maximum Gasteiger partial charge on any atom is 0.273 e. The number of anilines is 1. The minimum absolute atomic E-state index is 0.134. The number of nitrogens with one attached hydrogen (secondary N) is 1. The van der Waals surface area contributed by atoms with Gasteiger partial charge in [0, 0.05) is 25.9 Å². The summed E-state index contributed by atoms with van der Waals surface area (Å²) >= 11 is 1.84. The van der Waals surface area contributed by atoms with E-state index in [0.717, 1.165) is 13.0 Å². The number of carbonyl (C=O) groups is 1. The fraction of sp³-hybridized carbons (Fsp3) is 0.583. The first-order valence-electron chi connectivity index (χ1n) is 5.86. The second kappa shape index (κ2) is 7.20. The van der Waals surface area contributed by atoms with Crippen LogP contribution < -0.4 is 5.32 Å². The molecule has 1 heterocycles. The number of rotatable bonds is 6. The van der Waals surface area contributed by atoms with Crippen molar-refractivity contribution in [3.05, 3.63) is 17.8 Å². The van der Waals surface area contributed by atoms with E-state index in [1.54, 1.807) is 26.2 Å². The quantitative estimate of drug-likeness (QED) is 0.851. The van der Waals surface area contributed by atoms with Crippen LogP contribution in [0.5, 0.6) is 0 Å². The third-order valence-electron chi connectivity index (χ3n) is 2.55. The van der Waals surface area contributed by atoms with Gasteiger partial charge in [-0.15, -0.1) is 10.2 Å². The molecule has 1 amide bonds. The Morgan fingerprint density at radius 1 is 1.44 bits per heavy atom. The minimum Gasteiger partial charge on any atom is -0.369 e. The van der Waals surface area contributed by atoms with Gasteiger partial charge in [0.05, 0.1) is 0 Å². The summed E-state index contributed by atoms with van der Waals surface area (Å²) in [5.74, 6) is 0.573. The molecule has 18 heavy (non-hydrogen) atoms. The van der Waals surface area contributed by atoms with Crippen molar-refractivity contribution in [1.82, 2.24) is 15.1 Å². The van der Waals surface area contributed by atoms with Crippen LogP contribution in [0.4, 0.5) is 5.82 Å². The molecule has 0 spiro atoms. The minimum atomic E-state index is -0.134. The molecule has 0 aliphatic rings. The van der Waals surface area contributed by atoms with Gasteiger partial charge in [-0.25, -0.2) is 0 Å². The van der Waals surface area contributed by atoms with E-state index >= 15 is 0 Å². The second-order valence-corrected chi connectivity index (χ2v) is 5.54. The second-order valence-electron chi connectivity index (χ2n) is 4.27. The monoisotopic (exact) mass is 268 g/mol. The summed E-state index contributed by atoms with van der Waals surface area (Å²) in [4.78, 5) is 13.1. The average molecular weight is 268 g/mol. The molecule has 1 unspecified atom stereocenters. The third-order valence-corrected chi connectivity index (χ3v) is 3.59. The Kier molecular flexibility index (Phi) is 5.91. The average Bonchev–Trinajstić information content (AvgIpc) is 2.38. The van der Waals surface area contributed by atoms with Crippen molar-refractivity contribution in [3.8, 4) is 0 Å². The van der Waals surface area contributed by atoms with Gasteiger partial charge < -0.3 is 10.2 Å². The van der Waals surface area contributed by atoms with Crippen molar-refractivity contribution in [2.24, 2.45) is 0 Å². The van der Waals surface area contributed by atoms with Crippen LogP contribution in [0.1, 0.15) is 23.8 Å². The van der Waals surface area contributed by atoms with E-state index in [0.29, 0.717) is 16.8 Å². The molecule has 0 saturated carbocycles. The lowest BCUT2D eigenvalue weighted by Gasteiger charge is -2.10. The Labute approximate surface area is 112 Å². The zero-order valence-electron chi connectivity index (χ0n) is 11.3. The van der Waals surface area contributed by atoms with Gasteiger partial charge in [0.15, 0.2) is 5.69 Å². The largest absolute Gasteiger partial charge is 0.369 e. The maximum atomic E-state index is 11.6. The molecule has 0 aliphatic heterocycles. The summed E-state index contributed by atoms with van der Waals surface area (Å²) in [6.45, 7) is 3.05. The fourth-order valence-corrected chi connectivity index (χ4v) is 1.64. The predicted octanol–water partition coefficient (Wildman–Crippen LogP) is 1.73. The molecule has 1 N–H and O–H groups in total. The molecule has 0 radical (unpaired) electrons. The Balaban J connectivity index is 2.48. The molecular weight excluding hydrogens is 248 g/mol. The first-order chi connectivity index (χ1) is 8.54. The van der Waals surface area contributed by atoms with Gasteiger partial charge in [-0.2, -0.15) is 11.8 Å². The molecule has 100 valence electrons. The zero-order valence-corrected chi connectivity index (χ0v) is 12.1. The molecule has 0 bridgehead atoms. The summed E-state index contributed by atoms with van der Waals surface area (Å²) < 4.78 is 0.